The molecule has 2 aromatic rings. The number of benzene rings is 2. The molecule has 34 heavy (non-hydrogen) atoms. The Kier molecular flexibility index (Phi) is 9.04. The molecule has 0 heterocycles. The van der Waals surface area contributed by atoms with Crippen LogP contribution >= 0.6 is 0 Å². The number of carbonyl (C=O) groups is 3. The molecule has 182 valence electrons. The number of hydrogen-bond donors (Lipinski definition) is 3. The van der Waals surface area contributed by atoms with Gasteiger partial charge in [0.1, 0.15) is 11.8 Å². The predicted octanol–water partition coefficient (Wildman–Crippen LogP) is 3.26. The van der Waals surface area contributed by atoms with Crippen molar-refractivity contribution in [2.75, 3.05) is 19.1 Å². The maximum atomic E-state index is 13.0. The highest BCUT2D eigenvalue weighted by molar-refractivity contribution is 5.94. The molecule has 0 bridgehead atoms. The quantitative estimate of drug-likeness (QED) is 0.362. The molecule has 0 spiro atoms. The zero-order valence-corrected chi connectivity index (χ0v) is 19.7. The number of nitrogens with two attached hydrogens (primary N) is 1. The average Bonchev–Trinajstić information content (AvgIpc) is 2.87. The van der Waals surface area contributed by atoms with Gasteiger partial charge in [-0.3, -0.25) is 9.59 Å². The molecule has 4 N–H and O–H groups in total. The summed E-state index contributed by atoms with van der Waals surface area (Å²) < 4.78 is 5.19. The Morgan fingerprint density at radius 3 is 2.21 bits per heavy atom. The first kappa shape index (κ1) is 25.2. The van der Waals surface area contributed by atoms with Gasteiger partial charge >= 0.3 is 5.97 Å². The number of amides is 1. The largest absolute Gasteiger partial charge is 0.497 e. The highest BCUT2D eigenvalue weighted by atomic mass is 16.7. The summed E-state index contributed by atoms with van der Waals surface area (Å²) in [6, 6.07) is 13.0. The number of methoxy groups -OCH3 is 1. The van der Waals surface area contributed by atoms with E-state index in [9.17, 15) is 14.4 Å². The summed E-state index contributed by atoms with van der Waals surface area (Å²) in [5.41, 5.74) is 10.3. The minimum Gasteiger partial charge on any atom is -0.497 e. The number of ketones is 1. The Labute approximate surface area is 200 Å². The molecule has 1 fully saturated rings. The molecule has 3 rings (SSSR count). The van der Waals surface area contributed by atoms with Crippen LogP contribution in [-0.4, -0.2) is 37.4 Å². The lowest BCUT2D eigenvalue weighted by Gasteiger charge is -2.28. The van der Waals surface area contributed by atoms with E-state index in [1.165, 1.54) is 6.92 Å². The fourth-order valence-corrected chi connectivity index (χ4v) is 4.09. The van der Waals surface area contributed by atoms with E-state index in [1.807, 2.05) is 24.3 Å². The number of carbonyl (C=O) groups excluding carboxylic acids is 3. The number of ether oxygens (including phenoxy) is 1. The van der Waals surface area contributed by atoms with E-state index < -0.39 is 12.0 Å². The first-order valence-corrected chi connectivity index (χ1v) is 11.6. The van der Waals surface area contributed by atoms with E-state index in [0.29, 0.717) is 29.5 Å². The van der Waals surface area contributed by atoms with E-state index in [2.05, 4.69) is 10.8 Å². The van der Waals surface area contributed by atoms with Crippen molar-refractivity contribution in [1.82, 2.24) is 5.32 Å². The summed E-state index contributed by atoms with van der Waals surface area (Å²) in [6.45, 7) is 2.12. The molecule has 1 aliphatic carbocycles. The third-order valence-electron chi connectivity index (χ3n) is 6.31. The Morgan fingerprint density at radius 1 is 1.00 bits per heavy atom. The van der Waals surface area contributed by atoms with Gasteiger partial charge in [0.25, 0.3) is 0 Å². The Bertz CT molecular complexity index is 967. The second-order valence-electron chi connectivity index (χ2n) is 8.72. The van der Waals surface area contributed by atoms with Crippen LogP contribution < -0.4 is 21.3 Å². The first-order valence-electron chi connectivity index (χ1n) is 11.6. The third-order valence-corrected chi connectivity index (χ3v) is 6.31. The summed E-state index contributed by atoms with van der Waals surface area (Å²) in [7, 11) is 1.59. The van der Waals surface area contributed by atoms with Crippen LogP contribution in [0.1, 0.15) is 48.5 Å². The topological polar surface area (TPSA) is 120 Å². The van der Waals surface area contributed by atoms with E-state index in [0.717, 1.165) is 31.2 Å². The summed E-state index contributed by atoms with van der Waals surface area (Å²) in [6.07, 6.45) is 3.63. The SMILES string of the molecule is COc1ccc(C[C@H](NC(=O)C2CCC(CN)CC2)C(=O)ONc2ccc(C(C)=O)cc2)cc1. The van der Waals surface area contributed by atoms with Gasteiger partial charge in [-0.1, -0.05) is 12.1 Å². The van der Waals surface area contributed by atoms with Crippen molar-refractivity contribution in [1.29, 1.82) is 0 Å². The minimum absolute atomic E-state index is 0.0497. The van der Waals surface area contributed by atoms with Crippen LogP contribution in [-0.2, 0) is 20.8 Å². The molecule has 1 amide bonds. The number of hydrogen-bond acceptors (Lipinski definition) is 7. The third kappa shape index (κ3) is 7.05. The molecule has 1 atom stereocenters. The minimum atomic E-state index is -0.864. The molecule has 0 saturated heterocycles. The van der Waals surface area contributed by atoms with E-state index in [4.69, 9.17) is 15.3 Å². The molecule has 0 aromatic heterocycles. The van der Waals surface area contributed by atoms with Crippen molar-refractivity contribution in [3.63, 3.8) is 0 Å². The van der Waals surface area contributed by atoms with Gasteiger partial charge in [0, 0.05) is 17.9 Å². The van der Waals surface area contributed by atoms with Crippen LogP contribution in [0.5, 0.6) is 5.75 Å². The summed E-state index contributed by atoms with van der Waals surface area (Å²) in [5.74, 6) is 0.238. The Hall–Kier alpha value is -3.39. The Balaban J connectivity index is 1.66. The lowest BCUT2D eigenvalue weighted by atomic mass is 9.81. The molecule has 1 aliphatic rings. The molecular formula is C26H33N3O5. The maximum absolute atomic E-state index is 13.0. The highest BCUT2D eigenvalue weighted by Crippen LogP contribution is 2.28. The van der Waals surface area contributed by atoms with Crippen LogP contribution in [0.15, 0.2) is 48.5 Å². The molecule has 8 nitrogen and oxygen atoms in total. The summed E-state index contributed by atoms with van der Waals surface area (Å²) >= 11 is 0. The molecule has 1 saturated carbocycles. The van der Waals surface area contributed by atoms with Crippen molar-refractivity contribution >= 4 is 23.3 Å². The maximum Gasteiger partial charge on any atom is 0.354 e. The summed E-state index contributed by atoms with van der Waals surface area (Å²) in [5, 5.41) is 2.90. The monoisotopic (exact) mass is 467 g/mol. The van der Waals surface area contributed by atoms with E-state index in [1.54, 1.807) is 31.4 Å². The molecule has 0 unspecified atom stereocenters. The smallest absolute Gasteiger partial charge is 0.354 e. The van der Waals surface area contributed by atoms with Gasteiger partial charge in [-0.2, -0.15) is 0 Å². The van der Waals surface area contributed by atoms with Crippen molar-refractivity contribution in [3.8, 4) is 5.75 Å². The van der Waals surface area contributed by atoms with Gasteiger partial charge < -0.3 is 20.6 Å². The van der Waals surface area contributed by atoms with Crippen LogP contribution in [0.2, 0.25) is 0 Å². The fraction of sp³-hybridized carbons (Fsp3) is 0.423. The number of rotatable bonds is 10. The zero-order chi connectivity index (χ0) is 24.5. The molecular weight excluding hydrogens is 434 g/mol. The number of nitrogens with one attached hydrogen (secondary N) is 2. The van der Waals surface area contributed by atoms with Gasteiger partial charge in [0.05, 0.1) is 12.8 Å². The van der Waals surface area contributed by atoms with Crippen molar-refractivity contribution in [2.24, 2.45) is 17.6 Å². The first-order chi connectivity index (χ1) is 16.4. The molecule has 0 radical (unpaired) electrons. The van der Waals surface area contributed by atoms with Gasteiger partial charge in [-0.05, 0) is 87.0 Å². The molecule has 8 heteroatoms. The van der Waals surface area contributed by atoms with Gasteiger partial charge in [0.2, 0.25) is 5.91 Å². The van der Waals surface area contributed by atoms with Crippen LogP contribution in [0.4, 0.5) is 5.69 Å². The predicted molar refractivity (Wildman–Crippen MR) is 129 cm³/mol. The lowest BCUT2D eigenvalue weighted by molar-refractivity contribution is -0.145. The van der Waals surface area contributed by atoms with Crippen molar-refractivity contribution < 1.29 is 24.0 Å². The zero-order valence-electron chi connectivity index (χ0n) is 19.7. The second-order valence-corrected chi connectivity index (χ2v) is 8.72. The standard InChI is InChI=1S/C26H33N3O5/c1-17(30)20-9-11-22(12-10-20)29-34-26(32)24(15-18-5-13-23(33-2)14-6-18)28-25(31)21-7-3-19(16-27)4-8-21/h5-6,9-14,19,21,24,29H,3-4,7-8,15-16,27H2,1-2H3,(H,28,31)/t19?,21?,24-/m0/s1. The van der Waals surface area contributed by atoms with Crippen molar-refractivity contribution in [2.45, 2.75) is 45.1 Å². The van der Waals surface area contributed by atoms with E-state index in [-0.39, 0.29) is 24.0 Å². The van der Waals surface area contributed by atoms with Gasteiger partial charge in [-0.15, -0.1) is 0 Å². The van der Waals surface area contributed by atoms with Gasteiger partial charge in [0.15, 0.2) is 5.78 Å². The number of Topliss-reactive ketones (excluding diaryl/α,β-unsaturated/α-hetero) is 1. The van der Waals surface area contributed by atoms with Crippen LogP contribution in [0, 0.1) is 11.8 Å². The Morgan fingerprint density at radius 2 is 1.65 bits per heavy atom. The van der Waals surface area contributed by atoms with Gasteiger partial charge in [-0.25, -0.2) is 10.3 Å². The summed E-state index contributed by atoms with van der Waals surface area (Å²) in [4.78, 5) is 42.6. The highest BCUT2D eigenvalue weighted by Gasteiger charge is 2.30. The fourth-order valence-electron chi connectivity index (χ4n) is 4.09. The normalized spacial score (nSPS) is 18.4. The number of anilines is 1. The van der Waals surface area contributed by atoms with Crippen LogP contribution in [0.25, 0.3) is 0 Å². The van der Waals surface area contributed by atoms with Crippen molar-refractivity contribution in [3.05, 3.63) is 59.7 Å². The molecule has 2 aromatic carbocycles. The van der Waals surface area contributed by atoms with Crippen LogP contribution in [0.3, 0.4) is 0 Å². The lowest BCUT2D eigenvalue weighted by Crippen LogP contribution is -2.47. The molecule has 0 aliphatic heterocycles. The van der Waals surface area contributed by atoms with E-state index >= 15 is 0 Å². The second kappa shape index (κ2) is 12.2. The average molecular weight is 468 g/mol.